The van der Waals surface area contributed by atoms with Gasteiger partial charge >= 0.3 is 11.7 Å². The van der Waals surface area contributed by atoms with Crippen LogP contribution in [0.1, 0.15) is 43.6 Å². The fourth-order valence-corrected chi connectivity index (χ4v) is 3.05. The minimum absolute atomic E-state index is 0.313. The number of imidazole rings is 1. The van der Waals surface area contributed by atoms with E-state index in [-0.39, 0.29) is 12.2 Å². The first-order chi connectivity index (χ1) is 9.66. The number of aromatic nitrogens is 3. The number of aliphatic carboxylic acids is 1. The standard InChI is InChI=1S/C14H17N3O3/c18-12(19)9-16-8-11(10-4-2-1-3-5-10)13-15-6-7-17(13)14(16)20/h6-8,10H,1-5,9H2,(H,18,19). The van der Waals surface area contributed by atoms with Crippen LogP contribution >= 0.6 is 0 Å². The molecule has 1 aliphatic carbocycles. The molecule has 0 amide bonds. The third-order valence-electron chi connectivity index (χ3n) is 4.00. The van der Waals surface area contributed by atoms with E-state index in [0.717, 1.165) is 18.4 Å². The lowest BCUT2D eigenvalue weighted by Gasteiger charge is -2.22. The summed E-state index contributed by atoms with van der Waals surface area (Å²) in [5.41, 5.74) is 1.32. The first-order valence-electron chi connectivity index (χ1n) is 6.95. The van der Waals surface area contributed by atoms with Crippen molar-refractivity contribution in [3.63, 3.8) is 0 Å². The predicted octanol–water partition coefficient (Wildman–Crippen LogP) is 1.63. The molecule has 0 atom stereocenters. The van der Waals surface area contributed by atoms with E-state index in [1.54, 1.807) is 18.6 Å². The predicted molar refractivity (Wildman–Crippen MR) is 72.9 cm³/mol. The maximum absolute atomic E-state index is 12.2. The molecule has 1 fully saturated rings. The molecule has 2 aromatic rings. The van der Waals surface area contributed by atoms with Crippen LogP contribution in [0.5, 0.6) is 0 Å². The van der Waals surface area contributed by atoms with Crippen LogP contribution in [0, 0.1) is 0 Å². The lowest BCUT2D eigenvalue weighted by molar-refractivity contribution is -0.137. The van der Waals surface area contributed by atoms with E-state index in [0.29, 0.717) is 11.6 Å². The van der Waals surface area contributed by atoms with Gasteiger partial charge in [0.1, 0.15) is 12.2 Å². The molecule has 0 saturated heterocycles. The molecular weight excluding hydrogens is 258 g/mol. The van der Waals surface area contributed by atoms with Crippen molar-refractivity contribution in [2.45, 2.75) is 44.6 Å². The van der Waals surface area contributed by atoms with E-state index >= 15 is 0 Å². The van der Waals surface area contributed by atoms with Gasteiger partial charge in [-0.3, -0.25) is 13.8 Å². The normalized spacial score (nSPS) is 16.6. The maximum Gasteiger partial charge on any atom is 0.334 e. The zero-order valence-electron chi connectivity index (χ0n) is 11.2. The van der Waals surface area contributed by atoms with E-state index in [2.05, 4.69) is 4.98 Å². The summed E-state index contributed by atoms with van der Waals surface area (Å²) in [7, 11) is 0. The van der Waals surface area contributed by atoms with Crippen molar-refractivity contribution in [2.24, 2.45) is 0 Å². The van der Waals surface area contributed by atoms with Crippen LogP contribution in [0.4, 0.5) is 0 Å². The Morgan fingerprint density at radius 3 is 2.80 bits per heavy atom. The second-order valence-corrected chi connectivity index (χ2v) is 5.34. The fraction of sp³-hybridized carbons (Fsp3) is 0.500. The summed E-state index contributed by atoms with van der Waals surface area (Å²) in [6, 6.07) is 0. The zero-order valence-corrected chi connectivity index (χ0v) is 11.2. The molecular formula is C14H17N3O3. The number of carboxylic acids is 1. The molecule has 0 unspecified atom stereocenters. The van der Waals surface area contributed by atoms with Crippen molar-refractivity contribution in [2.75, 3.05) is 0 Å². The van der Waals surface area contributed by atoms with Gasteiger partial charge in [-0.2, -0.15) is 0 Å². The molecule has 0 aliphatic heterocycles. The molecule has 0 bridgehead atoms. The van der Waals surface area contributed by atoms with Crippen molar-refractivity contribution in [1.29, 1.82) is 0 Å². The Kier molecular flexibility index (Phi) is 3.30. The second-order valence-electron chi connectivity index (χ2n) is 5.34. The molecule has 0 spiro atoms. The van der Waals surface area contributed by atoms with Gasteiger partial charge in [-0.1, -0.05) is 19.3 Å². The lowest BCUT2D eigenvalue weighted by atomic mass is 9.85. The summed E-state index contributed by atoms with van der Waals surface area (Å²) >= 11 is 0. The molecule has 6 heteroatoms. The van der Waals surface area contributed by atoms with Crippen molar-refractivity contribution < 1.29 is 9.90 Å². The number of fused-ring (bicyclic) bond motifs is 1. The Morgan fingerprint density at radius 1 is 1.35 bits per heavy atom. The van der Waals surface area contributed by atoms with Gasteiger partial charge in [-0.05, 0) is 18.8 Å². The third-order valence-corrected chi connectivity index (χ3v) is 4.00. The average Bonchev–Trinajstić information content (AvgIpc) is 2.92. The van der Waals surface area contributed by atoms with Crippen molar-refractivity contribution in [1.82, 2.24) is 14.0 Å². The molecule has 1 aliphatic rings. The summed E-state index contributed by atoms with van der Waals surface area (Å²) in [6.07, 6.45) is 10.6. The van der Waals surface area contributed by atoms with Crippen LogP contribution in [-0.2, 0) is 11.3 Å². The minimum atomic E-state index is -1.01. The topological polar surface area (TPSA) is 76.6 Å². The van der Waals surface area contributed by atoms with E-state index in [1.807, 2.05) is 0 Å². The number of carboxylic acid groups (broad SMARTS) is 1. The molecule has 3 rings (SSSR count). The molecule has 2 aromatic heterocycles. The lowest BCUT2D eigenvalue weighted by Crippen LogP contribution is -2.30. The van der Waals surface area contributed by atoms with Gasteiger partial charge in [0.15, 0.2) is 0 Å². The molecule has 0 radical (unpaired) electrons. The number of rotatable bonds is 3. The first-order valence-corrected chi connectivity index (χ1v) is 6.95. The summed E-state index contributed by atoms with van der Waals surface area (Å²) in [6.45, 7) is -0.313. The molecule has 6 nitrogen and oxygen atoms in total. The molecule has 106 valence electrons. The van der Waals surface area contributed by atoms with Gasteiger partial charge in [0.05, 0.1) is 0 Å². The third kappa shape index (κ3) is 2.21. The molecule has 1 saturated carbocycles. The van der Waals surface area contributed by atoms with E-state index in [4.69, 9.17) is 5.11 Å². The van der Waals surface area contributed by atoms with Crippen molar-refractivity contribution in [3.8, 4) is 0 Å². The second kappa shape index (κ2) is 5.11. The molecule has 1 N–H and O–H groups in total. The maximum atomic E-state index is 12.2. The Balaban J connectivity index is 2.14. The van der Waals surface area contributed by atoms with Gasteiger partial charge in [0.25, 0.3) is 0 Å². The van der Waals surface area contributed by atoms with Gasteiger partial charge in [-0.15, -0.1) is 0 Å². The number of hydrogen-bond acceptors (Lipinski definition) is 3. The monoisotopic (exact) mass is 275 g/mol. The van der Waals surface area contributed by atoms with E-state index < -0.39 is 5.97 Å². The summed E-state index contributed by atoms with van der Waals surface area (Å²) in [5.74, 6) is -0.643. The summed E-state index contributed by atoms with van der Waals surface area (Å²) in [5, 5.41) is 8.93. The number of carbonyl (C=O) groups is 1. The van der Waals surface area contributed by atoms with Gasteiger partial charge in [-0.25, -0.2) is 9.78 Å². The Labute approximate surface area is 115 Å². The van der Waals surface area contributed by atoms with Crippen molar-refractivity contribution >= 4 is 11.6 Å². The largest absolute Gasteiger partial charge is 0.480 e. The van der Waals surface area contributed by atoms with Crippen LogP contribution in [0.3, 0.4) is 0 Å². The summed E-state index contributed by atoms with van der Waals surface area (Å²) < 4.78 is 2.72. The van der Waals surface area contributed by atoms with E-state index in [1.165, 1.54) is 28.2 Å². The van der Waals surface area contributed by atoms with Crippen LogP contribution < -0.4 is 5.69 Å². The zero-order chi connectivity index (χ0) is 14.1. The Morgan fingerprint density at radius 2 is 2.10 bits per heavy atom. The Hall–Kier alpha value is -2.11. The first kappa shape index (κ1) is 12.9. The fourth-order valence-electron chi connectivity index (χ4n) is 3.05. The quantitative estimate of drug-likeness (QED) is 0.923. The SMILES string of the molecule is O=C(O)Cn1cc(C2CCCCC2)c2nccn2c1=O. The summed E-state index contributed by atoms with van der Waals surface area (Å²) in [4.78, 5) is 27.4. The smallest absolute Gasteiger partial charge is 0.334 e. The van der Waals surface area contributed by atoms with Gasteiger partial charge < -0.3 is 5.11 Å². The molecule has 2 heterocycles. The average molecular weight is 275 g/mol. The number of hydrogen-bond donors (Lipinski definition) is 1. The highest BCUT2D eigenvalue weighted by molar-refractivity contribution is 5.66. The highest BCUT2D eigenvalue weighted by Gasteiger charge is 2.21. The van der Waals surface area contributed by atoms with E-state index in [9.17, 15) is 9.59 Å². The van der Waals surface area contributed by atoms with Crippen molar-refractivity contribution in [3.05, 3.63) is 34.6 Å². The number of nitrogens with zero attached hydrogens (tertiary/aromatic N) is 3. The van der Waals surface area contributed by atoms with Gasteiger partial charge in [0, 0.05) is 24.2 Å². The highest BCUT2D eigenvalue weighted by Crippen LogP contribution is 2.33. The van der Waals surface area contributed by atoms with Gasteiger partial charge in [0.2, 0.25) is 0 Å². The molecule has 20 heavy (non-hydrogen) atoms. The molecule has 0 aromatic carbocycles. The van der Waals surface area contributed by atoms with Crippen LogP contribution in [0.15, 0.2) is 23.4 Å². The van der Waals surface area contributed by atoms with Crippen LogP contribution in [-0.4, -0.2) is 25.0 Å². The highest BCUT2D eigenvalue weighted by atomic mass is 16.4. The van der Waals surface area contributed by atoms with Crippen LogP contribution in [0.25, 0.3) is 5.65 Å². The van der Waals surface area contributed by atoms with Crippen LogP contribution in [0.2, 0.25) is 0 Å². The Bertz CT molecular complexity index is 695. The minimum Gasteiger partial charge on any atom is -0.480 e.